The predicted molar refractivity (Wildman–Crippen MR) is 94.6 cm³/mol. The van der Waals surface area contributed by atoms with Gasteiger partial charge in [-0.3, -0.25) is 9.59 Å². The van der Waals surface area contributed by atoms with Gasteiger partial charge in [-0.05, 0) is 25.7 Å². The molecule has 1 aromatic heterocycles. The van der Waals surface area contributed by atoms with Crippen LogP contribution >= 0.6 is 11.3 Å². The molecule has 138 valence electrons. The first-order valence-corrected chi connectivity index (χ1v) is 9.58. The van der Waals surface area contributed by atoms with E-state index in [-0.39, 0.29) is 17.5 Å². The summed E-state index contributed by atoms with van der Waals surface area (Å²) in [7, 11) is 0. The van der Waals surface area contributed by atoms with E-state index in [9.17, 15) is 14.4 Å². The van der Waals surface area contributed by atoms with Gasteiger partial charge in [0.15, 0.2) is 5.69 Å². The summed E-state index contributed by atoms with van der Waals surface area (Å²) >= 11 is 1.26. The number of carboxylic acids is 1. The summed E-state index contributed by atoms with van der Waals surface area (Å²) in [5.41, 5.74) is 0.0228. The van der Waals surface area contributed by atoms with E-state index in [1.807, 2.05) is 0 Å². The Balaban J connectivity index is 1.66. The molecule has 0 aromatic carbocycles. The highest BCUT2D eigenvalue weighted by Gasteiger charge is 2.20. The van der Waals surface area contributed by atoms with Crippen molar-refractivity contribution in [3.05, 3.63) is 16.1 Å². The topological polar surface area (TPSA) is 108 Å². The average Bonchev–Trinajstić information content (AvgIpc) is 3.04. The molecule has 0 spiro atoms. The Hall–Kier alpha value is -1.96. The second-order valence-corrected chi connectivity index (χ2v) is 7.41. The van der Waals surface area contributed by atoms with E-state index in [0.717, 1.165) is 12.8 Å². The highest BCUT2D eigenvalue weighted by molar-refractivity contribution is 7.09. The molecule has 1 aliphatic carbocycles. The zero-order valence-electron chi connectivity index (χ0n) is 14.4. The highest BCUT2D eigenvalue weighted by atomic mass is 32.1. The number of thiazole rings is 1. The Morgan fingerprint density at radius 2 is 2.04 bits per heavy atom. The lowest BCUT2D eigenvalue weighted by atomic mass is 9.87. The van der Waals surface area contributed by atoms with E-state index in [1.54, 1.807) is 6.92 Å². The minimum absolute atomic E-state index is 0.0228. The number of nitrogens with one attached hydrogen (secondary N) is 2. The highest BCUT2D eigenvalue weighted by Crippen LogP contribution is 2.26. The van der Waals surface area contributed by atoms with Crippen LogP contribution in [-0.2, 0) is 16.0 Å². The minimum atomic E-state index is -1.05. The Bertz CT molecular complexity index is 611. The average molecular weight is 367 g/mol. The van der Waals surface area contributed by atoms with Crippen molar-refractivity contribution in [2.24, 2.45) is 5.92 Å². The molecular weight excluding hydrogens is 342 g/mol. The molecule has 7 nitrogen and oxygen atoms in total. The number of hydrogen-bond donors (Lipinski definition) is 3. The molecular formula is C17H25N3O4S. The van der Waals surface area contributed by atoms with Gasteiger partial charge in [-0.25, -0.2) is 9.78 Å². The van der Waals surface area contributed by atoms with Gasteiger partial charge >= 0.3 is 5.97 Å². The van der Waals surface area contributed by atoms with Crippen LogP contribution in [0.15, 0.2) is 5.38 Å². The van der Waals surface area contributed by atoms with Crippen molar-refractivity contribution in [2.75, 3.05) is 6.54 Å². The molecule has 0 radical (unpaired) electrons. The summed E-state index contributed by atoms with van der Waals surface area (Å²) in [6.07, 6.45) is 6.79. The molecule has 1 fully saturated rings. The van der Waals surface area contributed by atoms with Crippen LogP contribution < -0.4 is 10.6 Å². The molecule has 1 aromatic rings. The second-order valence-electron chi connectivity index (χ2n) is 6.47. The fourth-order valence-corrected chi connectivity index (χ4v) is 3.76. The molecule has 1 heterocycles. The van der Waals surface area contributed by atoms with Gasteiger partial charge < -0.3 is 15.7 Å². The smallest absolute Gasteiger partial charge is 0.355 e. The third-order valence-corrected chi connectivity index (χ3v) is 5.29. The number of hydrogen-bond acceptors (Lipinski definition) is 5. The lowest BCUT2D eigenvalue weighted by molar-refractivity contribution is -0.129. The third-order valence-electron chi connectivity index (χ3n) is 4.38. The number of nitrogens with zero attached hydrogens (tertiary/aromatic N) is 1. The molecule has 25 heavy (non-hydrogen) atoms. The van der Waals surface area contributed by atoms with Gasteiger partial charge in [0.25, 0.3) is 0 Å². The SMILES string of the molecule is CC(NC(=O)CC1CCCCC1)C(=O)NCCc1nc(C(=O)O)cs1. The van der Waals surface area contributed by atoms with Gasteiger partial charge in [0.1, 0.15) is 6.04 Å². The molecule has 0 aliphatic heterocycles. The standard InChI is InChI=1S/C17H25N3O4S/c1-11(19-14(21)9-12-5-3-2-4-6-12)16(22)18-8-7-15-20-13(10-25-15)17(23)24/h10-12H,2-9H2,1H3,(H,18,22)(H,19,21)(H,23,24). The monoisotopic (exact) mass is 367 g/mol. The van der Waals surface area contributed by atoms with Crippen LogP contribution in [0.25, 0.3) is 0 Å². The normalized spacial score (nSPS) is 16.2. The summed E-state index contributed by atoms with van der Waals surface area (Å²) in [6.45, 7) is 2.02. The molecule has 1 unspecified atom stereocenters. The van der Waals surface area contributed by atoms with Crippen molar-refractivity contribution < 1.29 is 19.5 Å². The van der Waals surface area contributed by atoms with E-state index in [4.69, 9.17) is 5.11 Å². The minimum Gasteiger partial charge on any atom is -0.476 e. The van der Waals surface area contributed by atoms with Crippen molar-refractivity contribution in [1.29, 1.82) is 0 Å². The largest absolute Gasteiger partial charge is 0.476 e. The first-order valence-electron chi connectivity index (χ1n) is 8.70. The molecule has 0 bridgehead atoms. The van der Waals surface area contributed by atoms with Gasteiger partial charge in [0.05, 0.1) is 5.01 Å². The van der Waals surface area contributed by atoms with Gasteiger partial charge in [-0.2, -0.15) is 0 Å². The molecule has 2 amide bonds. The summed E-state index contributed by atoms with van der Waals surface area (Å²) in [5.74, 6) is -0.925. The number of carboxylic acid groups (broad SMARTS) is 1. The number of amides is 2. The maximum absolute atomic E-state index is 12.0. The van der Waals surface area contributed by atoms with Crippen molar-refractivity contribution in [3.8, 4) is 0 Å². The summed E-state index contributed by atoms with van der Waals surface area (Å²) < 4.78 is 0. The van der Waals surface area contributed by atoms with Crippen LogP contribution in [0, 0.1) is 5.92 Å². The van der Waals surface area contributed by atoms with Gasteiger partial charge in [-0.15, -0.1) is 11.3 Å². The Morgan fingerprint density at radius 1 is 1.32 bits per heavy atom. The van der Waals surface area contributed by atoms with Crippen LogP contribution in [0.2, 0.25) is 0 Å². The molecule has 1 aliphatic rings. The zero-order valence-corrected chi connectivity index (χ0v) is 15.2. The van der Waals surface area contributed by atoms with Crippen molar-refractivity contribution in [3.63, 3.8) is 0 Å². The third kappa shape index (κ3) is 6.45. The predicted octanol–water partition coefficient (Wildman–Crippen LogP) is 1.98. The number of aromatic carboxylic acids is 1. The van der Waals surface area contributed by atoms with Crippen LogP contribution in [-0.4, -0.2) is 40.5 Å². The van der Waals surface area contributed by atoms with Crippen molar-refractivity contribution in [1.82, 2.24) is 15.6 Å². The Morgan fingerprint density at radius 3 is 2.68 bits per heavy atom. The molecule has 3 N–H and O–H groups in total. The Labute approximate surface area is 151 Å². The van der Waals surface area contributed by atoms with Gasteiger partial charge in [-0.1, -0.05) is 19.3 Å². The van der Waals surface area contributed by atoms with Crippen LogP contribution in [0.3, 0.4) is 0 Å². The van der Waals surface area contributed by atoms with Crippen LogP contribution in [0.5, 0.6) is 0 Å². The van der Waals surface area contributed by atoms with Gasteiger partial charge in [0, 0.05) is 24.8 Å². The van der Waals surface area contributed by atoms with Crippen LogP contribution in [0.4, 0.5) is 0 Å². The maximum atomic E-state index is 12.0. The van der Waals surface area contributed by atoms with E-state index < -0.39 is 12.0 Å². The fourth-order valence-electron chi connectivity index (χ4n) is 2.99. The number of aromatic nitrogens is 1. The van der Waals surface area contributed by atoms with E-state index >= 15 is 0 Å². The zero-order chi connectivity index (χ0) is 18.2. The molecule has 2 rings (SSSR count). The summed E-state index contributed by atoms with van der Waals surface area (Å²) in [5, 5.41) is 16.5. The van der Waals surface area contributed by atoms with Crippen molar-refractivity contribution in [2.45, 2.75) is 57.9 Å². The Kier molecular flexibility index (Phi) is 7.36. The first kappa shape index (κ1) is 19.4. The number of carbonyl (C=O) groups is 3. The number of rotatable bonds is 8. The molecule has 0 saturated heterocycles. The first-order chi connectivity index (χ1) is 12.0. The fraction of sp³-hybridized carbons (Fsp3) is 0.647. The van der Waals surface area contributed by atoms with Gasteiger partial charge in [0.2, 0.25) is 11.8 Å². The van der Waals surface area contributed by atoms with Crippen LogP contribution in [0.1, 0.15) is 60.9 Å². The second kappa shape index (κ2) is 9.50. The summed E-state index contributed by atoms with van der Waals surface area (Å²) in [6, 6.07) is -0.582. The van der Waals surface area contributed by atoms with E-state index in [0.29, 0.717) is 30.3 Å². The molecule has 1 atom stereocenters. The molecule has 1 saturated carbocycles. The summed E-state index contributed by atoms with van der Waals surface area (Å²) in [4.78, 5) is 38.8. The lowest BCUT2D eigenvalue weighted by Gasteiger charge is -2.22. The van der Waals surface area contributed by atoms with E-state index in [2.05, 4.69) is 15.6 Å². The maximum Gasteiger partial charge on any atom is 0.355 e. The quantitative estimate of drug-likeness (QED) is 0.651. The van der Waals surface area contributed by atoms with Crippen molar-refractivity contribution >= 4 is 29.1 Å². The number of carbonyl (C=O) groups excluding carboxylic acids is 2. The lowest BCUT2D eigenvalue weighted by Crippen LogP contribution is -2.45. The molecule has 8 heteroatoms. The van der Waals surface area contributed by atoms with E-state index in [1.165, 1.54) is 36.0 Å².